The molecule has 4 heteroatoms. The number of hydrogen-bond acceptors (Lipinski definition) is 2. The van der Waals surface area contributed by atoms with Crippen molar-refractivity contribution in [3.8, 4) is 0 Å². The van der Waals surface area contributed by atoms with Crippen LogP contribution in [0.4, 0.5) is 4.39 Å². The van der Waals surface area contributed by atoms with Gasteiger partial charge in [0.1, 0.15) is 5.82 Å². The van der Waals surface area contributed by atoms with Gasteiger partial charge in [-0.1, -0.05) is 39.0 Å². The fraction of sp³-hybridized carbons (Fsp3) is 0.533. The molecule has 0 radical (unpaired) electrons. The van der Waals surface area contributed by atoms with Crippen molar-refractivity contribution in [2.75, 3.05) is 13.1 Å². The first kappa shape index (κ1) is 15.6. The number of nitrogens with zero attached hydrogens (tertiary/aromatic N) is 1. The van der Waals surface area contributed by atoms with E-state index < -0.39 is 5.97 Å². The van der Waals surface area contributed by atoms with Gasteiger partial charge in [0, 0.05) is 18.2 Å². The lowest BCUT2D eigenvalue weighted by molar-refractivity contribution is -0.139. The van der Waals surface area contributed by atoms with Crippen molar-refractivity contribution < 1.29 is 14.3 Å². The maximum Gasteiger partial charge on any atom is 0.317 e. The second-order valence-electron chi connectivity index (χ2n) is 5.16. The molecule has 0 aromatic heterocycles. The molecule has 0 spiro atoms. The fourth-order valence-corrected chi connectivity index (χ4v) is 2.36. The van der Waals surface area contributed by atoms with E-state index in [1.165, 1.54) is 6.07 Å². The Morgan fingerprint density at radius 2 is 2.00 bits per heavy atom. The largest absolute Gasteiger partial charge is 0.480 e. The third kappa shape index (κ3) is 4.63. The number of rotatable bonds is 7. The molecule has 0 bridgehead atoms. The summed E-state index contributed by atoms with van der Waals surface area (Å²) in [6.07, 6.45) is 0.681. The van der Waals surface area contributed by atoms with Crippen molar-refractivity contribution in [1.82, 2.24) is 4.90 Å². The van der Waals surface area contributed by atoms with Gasteiger partial charge in [-0.15, -0.1) is 0 Å². The highest BCUT2D eigenvalue weighted by Gasteiger charge is 2.23. The van der Waals surface area contributed by atoms with Crippen LogP contribution in [0.25, 0.3) is 0 Å². The molecule has 1 aromatic rings. The first-order chi connectivity index (χ1) is 8.95. The summed E-state index contributed by atoms with van der Waals surface area (Å²) >= 11 is 0. The molecule has 1 aromatic carbocycles. The molecule has 19 heavy (non-hydrogen) atoms. The van der Waals surface area contributed by atoms with Crippen LogP contribution in [0, 0.1) is 11.7 Å². The van der Waals surface area contributed by atoms with E-state index in [0.717, 1.165) is 0 Å². The second kappa shape index (κ2) is 7.24. The third-order valence-corrected chi connectivity index (χ3v) is 3.03. The lowest BCUT2D eigenvalue weighted by Crippen LogP contribution is -2.36. The van der Waals surface area contributed by atoms with E-state index >= 15 is 0 Å². The van der Waals surface area contributed by atoms with Crippen LogP contribution in [0.1, 0.15) is 38.8 Å². The number of hydrogen-bond donors (Lipinski definition) is 1. The highest BCUT2D eigenvalue weighted by Crippen LogP contribution is 2.27. The van der Waals surface area contributed by atoms with E-state index in [1.54, 1.807) is 18.2 Å². The SMILES string of the molecule is CCC(c1ccccc1F)N(CC(=O)O)CC(C)C. The van der Waals surface area contributed by atoms with Gasteiger partial charge in [-0.05, 0) is 18.4 Å². The van der Waals surface area contributed by atoms with Crippen molar-refractivity contribution in [2.45, 2.75) is 33.2 Å². The minimum absolute atomic E-state index is 0.0645. The highest BCUT2D eigenvalue weighted by molar-refractivity contribution is 5.69. The van der Waals surface area contributed by atoms with Gasteiger partial charge in [0.05, 0.1) is 6.54 Å². The normalized spacial score (nSPS) is 12.9. The molecule has 1 rings (SSSR count). The van der Waals surface area contributed by atoms with E-state index in [1.807, 2.05) is 25.7 Å². The van der Waals surface area contributed by atoms with Crippen LogP contribution in [-0.2, 0) is 4.79 Å². The monoisotopic (exact) mass is 267 g/mol. The Labute approximate surface area is 114 Å². The molecule has 0 saturated carbocycles. The van der Waals surface area contributed by atoms with Gasteiger partial charge >= 0.3 is 5.97 Å². The van der Waals surface area contributed by atoms with E-state index in [2.05, 4.69) is 0 Å². The van der Waals surface area contributed by atoms with Crippen molar-refractivity contribution in [3.63, 3.8) is 0 Å². The zero-order valence-corrected chi connectivity index (χ0v) is 11.8. The number of carboxylic acids is 1. The van der Waals surface area contributed by atoms with Crippen LogP contribution < -0.4 is 0 Å². The van der Waals surface area contributed by atoms with Crippen LogP contribution >= 0.6 is 0 Å². The Morgan fingerprint density at radius 1 is 1.37 bits per heavy atom. The molecule has 0 aliphatic heterocycles. The minimum Gasteiger partial charge on any atom is -0.480 e. The Hall–Kier alpha value is -1.42. The van der Waals surface area contributed by atoms with E-state index in [0.29, 0.717) is 24.4 Å². The van der Waals surface area contributed by atoms with Crippen LogP contribution in [0.3, 0.4) is 0 Å². The Balaban J connectivity index is 3.01. The topological polar surface area (TPSA) is 40.5 Å². The standard InChI is InChI=1S/C15H22FNO2/c1-4-14(12-7-5-6-8-13(12)16)17(9-11(2)3)10-15(18)19/h5-8,11,14H,4,9-10H2,1-3H3,(H,18,19). The number of carboxylic acid groups (broad SMARTS) is 1. The summed E-state index contributed by atoms with van der Waals surface area (Å²) in [7, 11) is 0. The lowest BCUT2D eigenvalue weighted by Gasteiger charge is -2.31. The number of benzene rings is 1. The molecule has 0 fully saturated rings. The van der Waals surface area contributed by atoms with Gasteiger partial charge in [0.2, 0.25) is 0 Å². The van der Waals surface area contributed by atoms with Crippen LogP contribution in [-0.4, -0.2) is 29.1 Å². The van der Waals surface area contributed by atoms with Crippen molar-refractivity contribution >= 4 is 5.97 Å². The maximum absolute atomic E-state index is 13.9. The van der Waals surface area contributed by atoms with Crippen molar-refractivity contribution in [2.24, 2.45) is 5.92 Å². The van der Waals surface area contributed by atoms with Gasteiger partial charge in [-0.2, -0.15) is 0 Å². The molecule has 3 nitrogen and oxygen atoms in total. The summed E-state index contributed by atoms with van der Waals surface area (Å²) in [4.78, 5) is 12.8. The van der Waals surface area contributed by atoms with Crippen molar-refractivity contribution in [1.29, 1.82) is 0 Å². The lowest BCUT2D eigenvalue weighted by atomic mass is 10.0. The fourth-order valence-electron chi connectivity index (χ4n) is 2.36. The van der Waals surface area contributed by atoms with Crippen molar-refractivity contribution in [3.05, 3.63) is 35.6 Å². The molecule has 1 unspecified atom stereocenters. The van der Waals surface area contributed by atoms with Gasteiger partial charge in [-0.25, -0.2) is 4.39 Å². The quantitative estimate of drug-likeness (QED) is 0.824. The number of halogens is 1. The maximum atomic E-state index is 13.9. The number of aliphatic carboxylic acids is 1. The molecule has 1 atom stereocenters. The van der Waals surface area contributed by atoms with E-state index in [9.17, 15) is 9.18 Å². The first-order valence-electron chi connectivity index (χ1n) is 6.66. The molecular formula is C15H22FNO2. The zero-order valence-electron chi connectivity index (χ0n) is 11.8. The molecule has 0 saturated heterocycles. The molecule has 106 valence electrons. The third-order valence-electron chi connectivity index (χ3n) is 3.03. The Bertz CT molecular complexity index is 420. The Morgan fingerprint density at radius 3 is 2.47 bits per heavy atom. The van der Waals surface area contributed by atoms with Gasteiger partial charge < -0.3 is 5.11 Å². The molecule has 0 aliphatic rings. The molecule has 0 aliphatic carbocycles. The summed E-state index contributed by atoms with van der Waals surface area (Å²) in [6, 6.07) is 6.40. The molecular weight excluding hydrogens is 245 g/mol. The van der Waals surface area contributed by atoms with Crippen LogP contribution in [0.5, 0.6) is 0 Å². The van der Waals surface area contributed by atoms with E-state index in [-0.39, 0.29) is 18.4 Å². The minimum atomic E-state index is -0.879. The highest BCUT2D eigenvalue weighted by atomic mass is 19.1. The molecule has 0 amide bonds. The molecule has 0 heterocycles. The molecule has 1 N–H and O–H groups in total. The average Bonchev–Trinajstić information content (AvgIpc) is 2.30. The van der Waals surface area contributed by atoms with Crippen LogP contribution in [0.15, 0.2) is 24.3 Å². The predicted molar refractivity (Wildman–Crippen MR) is 73.5 cm³/mol. The van der Waals surface area contributed by atoms with Gasteiger partial charge in [0.15, 0.2) is 0 Å². The average molecular weight is 267 g/mol. The van der Waals surface area contributed by atoms with Crippen LogP contribution in [0.2, 0.25) is 0 Å². The van der Waals surface area contributed by atoms with E-state index in [4.69, 9.17) is 5.11 Å². The van der Waals surface area contributed by atoms with Gasteiger partial charge in [-0.3, -0.25) is 9.69 Å². The summed E-state index contributed by atoms with van der Waals surface area (Å²) in [6.45, 7) is 6.59. The summed E-state index contributed by atoms with van der Waals surface area (Å²) in [5, 5.41) is 9.02. The zero-order chi connectivity index (χ0) is 14.4. The smallest absolute Gasteiger partial charge is 0.317 e. The second-order valence-corrected chi connectivity index (χ2v) is 5.16. The Kier molecular flexibility index (Phi) is 5.96. The van der Waals surface area contributed by atoms with Gasteiger partial charge in [0.25, 0.3) is 0 Å². The number of carbonyl (C=O) groups is 1. The predicted octanol–water partition coefficient (Wildman–Crippen LogP) is 3.32. The first-order valence-corrected chi connectivity index (χ1v) is 6.66. The summed E-state index contributed by atoms with van der Waals surface area (Å²) in [5.74, 6) is -0.816. The summed E-state index contributed by atoms with van der Waals surface area (Å²) in [5.41, 5.74) is 0.576. The summed E-state index contributed by atoms with van der Waals surface area (Å²) < 4.78 is 13.9.